The van der Waals surface area contributed by atoms with Crippen molar-refractivity contribution in [2.45, 2.75) is 73.0 Å². The summed E-state index contributed by atoms with van der Waals surface area (Å²) < 4.78 is 8.71. The van der Waals surface area contributed by atoms with Gasteiger partial charge in [0.05, 0.1) is 30.5 Å². The van der Waals surface area contributed by atoms with Gasteiger partial charge in [-0.05, 0) is 69.1 Å². The Morgan fingerprint density at radius 1 is 0.636 bits per heavy atom. The van der Waals surface area contributed by atoms with Crippen molar-refractivity contribution in [3.8, 4) is 50.6 Å². The first-order valence-electron chi connectivity index (χ1n) is 22.7. The zero-order valence-electron chi connectivity index (χ0n) is 39.5. The number of hydrogen-bond acceptors (Lipinski definition) is 3. The molecule has 6 heteroatoms. The normalized spacial score (nSPS) is 12.0. The largest absolute Gasteiger partial charge is 0.501 e. The molecule has 333 valence electrons. The number of para-hydroxylation sites is 3. The molecule has 0 fully saturated rings. The molecule has 0 saturated carbocycles. The Bertz CT molecular complexity index is 3290. The van der Waals surface area contributed by atoms with Crippen LogP contribution in [0.4, 0.5) is 0 Å². The predicted molar refractivity (Wildman–Crippen MR) is 277 cm³/mol. The minimum absolute atomic E-state index is 0. The van der Waals surface area contributed by atoms with Crippen LogP contribution in [0.5, 0.6) is 0 Å². The number of furan rings is 1. The monoisotopic (exact) mass is 1060 g/mol. The maximum absolute atomic E-state index is 6.45. The first-order chi connectivity index (χ1) is 31.1. The van der Waals surface area contributed by atoms with Crippen molar-refractivity contribution in [2.24, 2.45) is 5.41 Å². The third-order valence-electron chi connectivity index (χ3n) is 12.0. The van der Waals surface area contributed by atoms with Gasteiger partial charge in [0.25, 0.3) is 0 Å². The van der Waals surface area contributed by atoms with Gasteiger partial charge >= 0.3 is 0 Å². The maximum atomic E-state index is 6.45. The molecule has 0 aliphatic heterocycles. The fourth-order valence-corrected chi connectivity index (χ4v) is 10.4. The standard InChI is InChI=1S/C37H23N2O.C23H34NSi.Ir/c1-3-12-25(13-4-1)27-22-23-28(26-14-5-2-6-15-26)34(24-27)39-33-20-9-8-19-32(33)38-37(39)31-18-11-17-30-29-16-7-10-21-35(29)40-36(30)31;1-22(2,3)15-18-14-20(24-16-21(18)25(7,8)9)17-11-10-12-19(13-17)23(4,5)6;/h1-17,19-24H;10,12-14,16H,15H2,1-9H3;/q2*-1;. The van der Waals surface area contributed by atoms with Crippen LogP contribution in [-0.4, -0.2) is 22.6 Å². The molecule has 0 aliphatic rings. The topological polar surface area (TPSA) is 43.9 Å². The van der Waals surface area contributed by atoms with E-state index in [1.165, 1.54) is 21.9 Å². The summed E-state index contributed by atoms with van der Waals surface area (Å²) in [6.45, 7) is 20.9. The summed E-state index contributed by atoms with van der Waals surface area (Å²) in [6, 6.07) is 63.9. The Labute approximate surface area is 405 Å². The fraction of sp³-hybridized carbons (Fsp3) is 0.200. The van der Waals surface area contributed by atoms with E-state index in [0.717, 1.165) is 84.4 Å². The van der Waals surface area contributed by atoms with E-state index in [1.807, 2.05) is 42.5 Å². The van der Waals surface area contributed by atoms with Crippen molar-refractivity contribution in [1.29, 1.82) is 0 Å². The zero-order chi connectivity index (χ0) is 45.5. The molecule has 0 N–H and O–H groups in total. The van der Waals surface area contributed by atoms with Gasteiger partial charge in [0.2, 0.25) is 0 Å². The molecular formula is C60H57IrN3OSi-2. The van der Waals surface area contributed by atoms with Crippen LogP contribution in [0.1, 0.15) is 52.7 Å². The Balaban J connectivity index is 0.000000198. The van der Waals surface area contributed by atoms with Gasteiger partial charge in [0, 0.05) is 42.9 Å². The van der Waals surface area contributed by atoms with Gasteiger partial charge in [-0.25, -0.2) is 0 Å². The molecule has 0 aliphatic carbocycles. The van der Waals surface area contributed by atoms with Crippen molar-refractivity contribution in [3.63, 3.8) is 0 Å². The molecule has 66 heavy (non-hydrogen) atoms. The number of fused-ring (bicyclic) bond motifs is 4. The summed E-state index contributed by atoms with van der Waals surface area (Å²) in [5.74, 6) is 0.799. The van der Waals surface area contributed by atoms with Crippen LogP contribution >= 0.6 is 0 Å². The molecule has 1 radical (unpaired) electrons. The number of imidazole rings is 1. The first-order valence-corrected chi connectivity index (χ1v) is 26.2. The summed E-state index contributed by atoms with van der Waals surface area (Å²) in [5, 5.41) is 3.63. The molecule has 4 nitrogen and oxygen atoms in total. The summed E-state index contributed by atoms with van der Waals surface area (Å²) in [5.41, 5.74) is 15.4. The molecular weight excluding hydrogens is 999 g/mol. The minimum atomic E-state index is -1.42. The van der Waals surface area contributed by atoms with Gasteiger partial charge in [-0.2, -0.15) is 0 Å². The van der Waals surface area contributed by atoms with E-state index in [0.29, 0.717) is 0 Å². The maximum Gasteiger partial charge on any atom is 0.120 e. The second-order valence-electron chi connectivity index (χ2n) is 20.4. The Morgan fingerprint density at radius 2 is 1.30 bits per heavy atom. The van der Waals surface area contributed by atoms with E-state index in [9.17, 15) is 0 Å². The summed E-state index contributed by atoms with van der Waals surface area (Å²) >= 11 is 0. The quantitative estimate of drug-likeness (QED) is 0.118. The molecule has 0 unspecified atom stereocenters. The number of hydrogen-bond donors (Lipinski definition) is 0. The van der Waals surface area contributed by atoms with E-state index in [4.69, 9.17) is 14.4 Å². The van der Waals surface area contributed by atoms with Crippen LogP contribution in [0.25, 0.3) is 83.6 Å². The Morgan fingerprint density at radius 3 is 2.02 bits per heavy atom. The first kappa shape index (κ1) is 46.4. The third-order valence-corrected chi connectivity index (χ3v) is 14.1. The average Bonchev–Trinajstić information content (AvgIpc) is 3.88. The molecule has 0 spiro atoms. The number of rotatable bonds is 7. The second-order valence-corrected chi connectivity index (χ2v) is 25.4. The molecule has 0 bridgehead atoms. The van der Waals surface area contributed by atoms with Gasteiger partial charge in [0.15, 0.2) is 0 Å². The number of pyridine rings is 1. The number of nitrogens with zero attached hydrogens (tertiary/aromatic N) is 3. The van der Waals surface area contributed by atoms with Gasteiger partial charge in [0.1, 0.15) is 5.58 Å². The SMILES string of the molecule is CC(C)(C)Cc1cc(-c2[c-]ccc(C(C)(C)C)c2)ncc1[Si](C)(C)C.[Ir].[c-]1ccc2c(oc3ccccc32)c1-c1nc2ccccc2n1-c1cc(-c2ccccc2)ccc1-c1ccccc1. The van der Waals surface area contributed by atoms with Gasteiger partial charge < -0.3 is 14.0 Å². The van der Waals surface area contributed by atoms with E-state index in [-0.39, 0.29) is 30.9 Å². The molecule has 3 heterocycles. The number of benzene rings is 7. The van der Waals surface area contributed by atoms with Crippen LogP contribution in [0.3, 0.4) is 0 Å². The van der Waals surface area contributed by atoms with Crippen LogP contribution < -0.4 is 5.19 Å². The average molecular weight is 1060 g/mol. The predicted octanol–water partition coefficient (Wildman–Crippen LogP) is 15.7. The van der Waals surface area contributed by atoms with E-state index in [1.54, 1.807) is 0 Å². The second kappa shape index (κ2) is 18.6. The van der Waals surface area contributed by atoms with Crippen molar-refractivity contribution in [2.75, 3.05) is 0 Å². The van der Waals surface area contributed by atoms with Crippen molar-refractivity contribution < 1.29 is 24.5 Å². The third kappa shape index (κ3) is 9.69. The molecule has 10 aromatic rings. The molecule has 7 aromatic carbocycles. The van der Waals surface area contributed by atoms with Crippen molar-refractivity contribution >= 4 is 46.2 Å². The summed E-state index contributed by atoms with van der Waals surface area (Å²) in [4.78, 5) is 10.0. The summed E-state index contributed by atoms with van der Waals surface area (Å²) in [7, 11) is -1.42. The van der Waals surface area contributed by atoms with E-state index >= 15 is 0 Å². The van der Waals surface area contributed by atoms with Gasteiger partial charge in [-0.1, -0.05) is 187 Å². The molecule has 0 saturated heterocycles. The zero-order valence-corrected chi connectivity index (χ0v) is 42.9. The smallest absolute Gasteiger partial charge is 0.120 e. The molecule has 3 aromatic heterocycles. The van der Waals surface area contributed by atoms with Crippen molar-refractivity contribution in [3.05, 3.63) is 193 Å². The van der Waals surface area contributed by atoms with E-state index < -0.39 is 8.07 Å². The minimum Gasteiger partial charge on any atom is -0.501 e. The Kier molecular flexibility index (Phi) is 13.1. The van der Waals surface area contributed by atoms with Crippen molar-refractivity contribution in [1.82, 2.24) is 14.5 Å². The van der Waals surface area contributed by atoms with E-state index in [2.05, 4.69) is 205 Å². The van der Waals surface area contributed by atoms with Crippen LogP contribution in [0.2, 0.25) is 19.6 Å². The summed E-state index contributed by atoms with van der Waals surface area (Å²) in [6.07, 6.45) is 3.22. The molecule has 0 amide bonds. The Hall–Kier alpha value is -6.17. The van der Waals surface area contributed by atoms with Crippen LogP contribution in [0.15, 0.2) is 174 Å². The number of aromatic nitrogens is 3. The van der Waals surface area contributed by atoms with Gasteiger partial charge in [-0.15, -0.1) is 53.6 Å². The fourth-order valence-electron chi connectivity index (χ4n) is 8.80. The van der Waals surface area contributed by atoms with Crippen LogP contribution in [-0.2, 0) is 31.9 Å². The van der Waals surface area contributed by atoms with Crippen LogP contribution in [0, 0.1) is 17.5 Å². The molecule has 10 rings (SSSR count). The molecule has 0 atom stereocenters. The van der Waals surface area contributed by atoms with Gasteiger partial charge in [-0.3, -0.25) is 4.98 Å².